The molecule has 1 amide bonds. The smallest absolute Gasteiger partial charge is 0.258 e. The van der Waals surface area contributed by atoms with Gasteiger partial charge in [-0.2, -0.15) is 0 Å². The molecule has 0 aliphatic carbocycles. The van der Waals surface area contributed by atoms with E-state index in [9.17, 15) is 18.7 Å². The molecule has 1 heterocycles. The number of aromatic hydroxyl groups is 1. The lowest BCUT2D eigenvalue weighted by Crippen LogP contribution is -2.26. The van der Waals surface area contributed by atoms with Crippen molar-refractivity contribution >= 4 is 16.8 Å². The number of amides is 1. The Morgan fingerprint density at radius 2 is 1.92 bits per heavy atom. The van der Waals surface area contributed by atoms with Crippen LogP contribution in [0, 0.1) is 11.6 Å². The third kappa shape index (κ3) is 3.03. The minimum atomic E-state index is -0.531. The van der Waals surface area contributed by atoms with Gasteiger partial charge in [0, 0.05) is 19.0 Å². The molecule has 24 heavy (non-hydrogen) atoms. The summed E-state index contributed by atoms with van der Waals surface area (Å²) in [4.78, 5) is 18.0. The number of nitrogens with zero attached hydrogens (tertiary/aromatic N) is 2. The Balaban J connectivity index is 1.98. The van der Waals surface area contributed by atoms with Gasteiger partial charge in [-0.3, -0.25) is 9.78 Å². The molecule has 122 valence electrons. The number of benzene rings is 2. The van der Waals surface area contributed by atoms with Gasteiger partial charge >= 0.3 is 0 Å². The number of carbonyl (C=O) groups is 1. The maximum atomic E-state index is 13.5. The molecule has 0 spiro atoms. The van der Waals surface area contributed by atoms with Crippen LogP contribution in [0.4, 0.5) is 8.78 Å². The van der Waals surface area contributed by atoms with Crippen LogP contribution in [0.3, 0.4) is 0 Å². The van der Waals surface area contributed by atoms with Gasteiger partial charge in [0.05, 0.1) is 17.3 Å². The van der Waals surface area contributed by atoms with Crippen molar-refractivity contribution in [1.29, 1.82) is 0 Å². The molecule has 0 radical (unpaired) electrons. The number of aromatic nitrogens is 1. The first-order chi connectivity index (χ1) is 11.5. The number of halogens is 2. The van der Waals surface area contributed by atoms with Crippen LogP contribution in [-0.4, -0.2) is 27.9 Å². The van der Waals surface area contributed by atoms with E-state index in [1.165, 1.54) is 36.2 Å². The van der Waals surface area contributed by atoms with Gasteiger partial charge in [0.25, 0.3) is 5.91 Å². The van der Waals surface area contributed by atoms with Crippen LogP contribution in [0.15, 0.2) is 48.7 Å². The third-order valence-corrected chi connectivity index (χ3v) is 3.68. The Morgan fingerprint density at radius 1 is 1.17 bits per heavy atom. The molecule has 0 aliphatic heterocycles. The monoisotopic (exact) mass is 328 g/mol. The number of pyridine rings is 1. The lowest BCUT2D eigenvalue weighted by Gasteiger charge is -2.19. The molecule has 0 fully saturated rings. The van der Waals surface area contributed by atoms with Gasteiger partial charge in [-0.15, -0.1) is 0 Å². The average Bonchev–Trinajstić information content (AvgIpc) is 2.54. The van der Waals surface area contributed by atoms with Crippen molar-refractivity contribution in [3.8, 4) is 5.75 Å². The summed E-state index contributed by atoms with van der Waals surface area (Å²) in [5.74, 6) is -1.76. The molecule has 0 saturated carbocycles. The standard InChI is InChI=1S/C18H14F2N2O2/c1-22(10-11-3-2-4-12(19)7-11)18(24)17-14-8-13(20)5-6-15(14)21-9-16(17)23/h2-9,23H,10H2,1H3. The highest BCUT2D eigenvalue weighted by Gasteiger charge is 2.20. The Hall–Kier alpha value is -3.02. The fourth-order valence-corrected chi connectivity index (χ4v) is 2.55. The zero-order chi connectivity index (χ0) is 17.3. The van der Waals surface area contributed by atoms with Crippen LogP contribution in [0.1, 0.15) is 15.9 Å². The summed E-state index contributed by atoms with van der Waals surface area (Å²) in [6.07, 6.45) is 1.16. The molecule has 3 rings (SSSR count). The summed E-state index contributed by atoms with van der Waals surface area (Å²) in [5.41, 5.74) is 0.977. The molecule has 1 N–H and O–H groups in total. The van der Waals surface area contributed by atoms with E-state index in [4.69, 9.17) is 0 Å². The van der Waals surface area contributed by atoms with Crippen LogP contribution in [0.2, 0.25) is 0 Å². The topological polar surface area (TPSA) is 53.4 Å². The van der Waals surface area contributed by atoms with Crippen LogP contribution < -0.4 is 0 Å². The number of hydrogen-bond donors (Lipinski definition) is 1. The minimum absolute atomic E-state index is 0.0293. The number of hydrogen-bond acceptors (Lipinski definition) is 3. The first-order valence-electron chi connectivity index (χ1n) is 7.23. The molecule has 0 aliphatic rings. The highest BCUT2D eigenvalue weighted by atomic mass is 19.1. The lowest BCUT2D eigenvalue weighted by atomic mass is 10.1. The summed E-state index contributed by atoms with van der Waals surface area (Å²) in [7, 11) is 1.53. The van der Waals surface area contributed by atoms with Gasteiger partial charge in [-0.1, -0.05) is 12.1 Å². The van der Waals surface area contributed by atoms with E-state index in [0.717, 1.165) is 12.3 Å². The molecule has 2 aromatic carbocycles. The lowest BCUT2D eigenvalue weighted by molar-refractivity contribution is 0.0784. The quantitative estimate of drug-likeness (QED) is 0.801. The molecule has 3 aromatic rings. The summed E-state index contributed by atoms with van der Waals surface area (Å²) >= 11 is 0. The largest absolute Gasteiger partial charge is 0.505 e. The van der Waals surface area contributed by atoms with Crippen LogP contribution in [0.5, 0.6) is 5.75 Å². The molecule has 6 heteroatoms. The van der Waals surface area contributed by atoms with Gasteiger partial charge < -0.3 is 10.0 Å². The number of carbonyl (C=O) groups excluding carboxylic acids is 1. The predicted molar refractivity (Wildman–Crippen MR) is 85.6 cm³/mol. The molecule has 0 unspecified atom stereocenters. The van der Waals surface area contributed by atoms with Crippen molar-refractivity contribution < 1.29 is 18.7 Å². The Morgan fingerprint density at radius 3 is 2.67 bits per heavy atom. The second-order valence-corrected chi connectivity index (χ2v) is 5.47. The zero-order valence-electron chi connectivity index (χ0n) is 12.8. The number of fused-ring (bicyclic) bond motifs is 1. The second-order valence-electron chi connectivity index (χ2n) is 5.47. The molecular formula is C18H14F2N2O2. The highest BCUT2D eigenvalue weighted by molar-refractivity contribution is 6.08. The fourth-order valence-electron chi connectivity index (χ4n) is 2.55. The van der Waals surface area contributed by atoms with Crippen molar-refractivity contribution in [2.45, 2.75) is 6.54 Å². The summed E-state index contributed by atoms with van der Waals surface area (Å²) < 4.78 is 26.8. The minimum Gasteiger partial charge on any atom is -0.505 e. The van der Waals surface area contributed by atoms with E-state index in [2.05, 4.69) is 4.98 Å². The Bertz CT molecular complexity index is 923. The van der Waals surface area contributed by atoms with Crippen molar-refractivity contribution in [1.82, 2.24) is 9.88 Å². The molecule has 0 atom stereocenters. The number of rotatable bonds is 3. The summed E-state index contributed by atoms with van der Waals surface area (Å²) in [5, 5.41) is 10.3. The fraction of sp³-hybridized carbons (Fsp3) is 0.111. The average molecular weight is 328 g/mol. The van der Waals surface area contributed by atoms with E-state index >= 15 is 0 Å². The van der Waals surface area contributed by atoms with E-state index in [0.29, 0.717) is 11.1 Å². The SMILES string of the molecule is CN(Cc1cccc(F)c1)C(=O)c1c(O)cnc2ccc(F)cc12. The van der Waals surface area contributed by atoms with Crippen molar-refractivity contribution in [3.63, 3.8) is 0 Å². The van der Waals surface area contributed by atoms with Crippen LogP contribution >= 0.6 is 0 Å². The van der Waals surface area contributed by atoms with Crippen molar-refractivity contribution in [3.05, 3.63) is 71.4 Å². The highest BCUT2D eigenvalue weighted by Crippen LogP contribution is 2.27. The summed E-state index contributed by atoms with van der Waals surface area (Å²) in [6, 6.07) is 9.72. The van der Waals surface area contributed by atoms with Crippen LogP contribution in [-0.2, 0) is 6.54 Å². The van der Waals surface area contributed by atoms with Gasteiger partial charge in [-0.25, -0.2) is 8.78 Å². The molecule has 0 bridgehead atoms. The zero-order valence-corrected chi connectivity index (χ0v) is 12.8. The normalized spacial score (nSPS) is 10.8. The maximum Gasteiger partial charge on any atom is 0.258 e. The third-order valence-electron chi connectivity index (χ3n) is 3.68. The van der Waals surface area contributed by atoms with Crippen molar-refractivity contribution in [2.75, 3.05) is 7.05 Å². The van der Waals surface area contributed by atoms with Gasteiger partial charge in [0.1, 0.15) is 17.4 Å². The second kappa shape index (κ2) is 6.23. The first kappa shape index (κ1) is 15.9. The first-order valence-corrected chi connectivity index (χ1v) is 7.23. The Kier molecular flexibility index (Phi) is 4.12. The summed E-state index contributed by atoms with van der Waals surface area (Å²) in [6.45, 7) is 0.148. The molecule has 1 aromatic heterocycles. The maximum absolute atomic E-state index is 13.5. The van der Waals surface area contributed by atoms with Gasteiger partial charge in [-0.05, 0) is 35.9 Å². The molecular weight excluding hydrogens is 314 g/mol. The predicted octanol–water partition coefficient (Wildman–Crippen LogP) is 3.49. The van der Waals surface area contributed by atoms with Crippen molar-refractivity contribution in [2.24, 2.45) is 0 Å². The molecule has 0 saturated heterocycles. The van der Waals surface area contributed by atoms with Gasteiger partial charge in [0.15, 0.2) is 0 Å². The molecule has 4 nitrogen and oxygen atoms in total. The van der Waals surface area contributed by atoms with Crippen LogP contribution in [0.25, 0.3) is 10.9 Å². The van der Waals surface area contributed by atoms with E-state index in [1.54, 1.807) is 12.1 Å². The van der Waals surface area contributed by atoms with Gasteiger partial charge in [0.2, 0.25) is 0 Å². The van der Waals surface area contributed by atoms with E-state index < -0.39 is 17.5 Å². The van der Waals surface area contributed by atoms with E-state index in [1.807, 2.05) is 0 Å². The van der Waals surface area contributed by atoms with E-state index in [-0.39, 0.29) is 23.2 Å². The Labute approximate surface area is 137 Å².